The van der Waals surface area contributed by atoms with Gasteiger partial charge in [-0.3, -0.25) is 0 Å². The third-order valence-electron chi connectivity index (χ3n) is 2.38. The lowest BCUT2D eigenvalue weighted by Gasteiger charge is -2.07. The van der Waals surface area contributed by atoms with E-state index in [1.807, 2.05) is 13.8 Å². The van der Waals surface area contributed by atoms with Gasteiger partial charge in [0.1, 0.15) is 0 Å². The van der Waals surface area contributed by atoms with Gasteiger partial charge in [0, 0.05) is 0 Å². The van der Waals surface area contributed by atoms with Crippen LogP contribution in [-0.2, 0) is 0 Å². The Balaban J connectivity index is 2.99. The van der Waals surface area contributed by atoms with E-state index < -0.39 is 0 Å². The highest BCUT2D eigenvalue weighted by Gasteiger charge is 2.00. The minimum absolute atomic E-state index is 0.100. The van der Waals surface area contributed by atoms with Crippen molar-refractivity contribution in [1.29, 1.82) is 0 Å². The highest BCUT2D eigenvalue weighted by Crippen LogP contribution is 2.09. The maximum absolute atomic E-state index is 9.26. The molecule has 2 atom stereocenters. The van der Waals surface area contributed by atoms with Gasteiger partial charge in [0.25, 0.3) is 0 Å². The smallest absolute Gasteiger partial charge is 0.0537 e. The van der Waals surface area contributed by atoms with E-state index in [1.54, 1.807) is 0 Å². The van der Waals surface area contributed by atoms with E-state index in [4.69, 9.17) is 5.11 Å². The summed E-state index contributed by atoms with van der Waals surface area (Å²) in [5.41, 5.74) is 0. The van der Waals surface area contributed by atoms with E-state index in [1.165, 1.54) is 12.8 Å². The number of rotatable bonds is 8. The van der Waals surface area contributed by atoms with Gasteiger partial charge in [-0.05, 0) is 26.2 Å². The van der Waals surface area contributed by atoms with Crippen LogP contribution in [-0.4, -0.2) is 22.4 Å². The van der Waals surface area contributed by atoms with Crippen molar-refractivity contribution in [3.63, 3.8) is 0 Å². The Morgan fingerprint density at radius 3 is 1.92 bits per heavy atom. The molecule has 0 aromatic heterocycles. The largest absolute Gasteiger partial charge is 0.393 e. The lowest BCUT2D eigenvalue weighted by molar-refractivity contribution is 0.155. The second-order valence-corrected chi connectivity index (χ2v) is 3.90. The van der Waals surface area contributed by atoms with Crippen LogP contribution in [0, 0.1) is 0 Å². The predicted molar refractivity (Wildman–Crippen MR) is 55.7 cm³/mol. The summed E-state index contributed by atoms with van der Waals surface area (Å²) in [6, 6.07) is 0. The maximum atomic E-state index is 9.26. The SMILES string of the molecule is CC[C@H](O)CCCCCC[C@H](C)O. The van der Waals surface area contributed by atoms with Crippen LogP contribution in [0.3, 0.4) is 0 Å². The van der Waals surface area contributed by atoms with Crippen LogP contribution in [0.25, 0.3) is 0 Å². The Morgan fingerprint density at radius 2 is 1.46 bits per heavy atom. The molecule has 0 unspecified atom stereocenters. The summed E-state index contributed by atoms with van der Waals surface area (Å²) in [6.07, 6.45) is 7.06. The first kappa shape index (κ1) is 12.9. The summed E-state index contributed by atoms with van der Waals surface area (Å²) in [5.74, 6) is 0. The summed E-state index contributed by atoms with van der Waals surface area (Å²) >= 11 is 0. The van der Waals surface area contributed by atoms with E-state index in [-0.39, 0.29) is 12.2 Å². The Bertz CT molecular complexity index is 102. The maximum Gasteiger partial charge on any atom is 0.0537 e. The van der Waals surface area contributed by atoms with Crippen LogP contribution < -0.4 is 0 Å². The van der Waals surface area contributed by atoms with E-state index >= 15 is 0 Å². The van der Waals surface area contributed by atoms with Gasteiger partial charge in [0.15, 0.2) is 0 Å². The molecular weight excluding hydrogens is 164 g/mol. The average molecular weight is 188 g/mol. The van der Waals surface area contributed by atoms with Gasteiger partial charge in [0.05, 0.1) is 12.2 Å². The van der Waals surface area contributed by atoms with Gasteiger partial charge in [-0.1, -0.05) is 32.6 Å². The van der Waals surface area contributed by atoms with Crippen molar-refractivity contribution in [2.45, 2.75) is 71.0 Å². The molecule has 0 aromatic rings. The molecule has 0 radical (unpaired) electrons. The molecule has 2 heteroatoms. The number of hydrogen-bond acceptors (Lipinski definition) is 2. The summed E-state index contributed by atoms with van der Waals surface area (Å²) < 4.78 is 0. The van der Waals surface area contributed by atoms with Crippen molar-refractivity contribution in [2.75, 3.05) is 0 Å². The Hall–Kier alpha value is -0.0800. The molecule has 0 amide bonds. The number of unbranched alkanes of at least 4 members (excludes halogenated alkanes) is 3. The van der Waals surface area contributed by atoms with Crippen molar-refractivity contribution in [3.05, 3.63) is 0 Å². The first-order valence-corrected chi connectivity index (χ1v) is 5.53. The number of aliphatic hydroxyl groups is 2. The molecule has 0 rings (SSSR count). The van der Waals surface area contributed by atoms with Gasteiger partial charge in [0.2, 0.25) is 0 Å². The normalized spacial score (nSPS) is 15.7. The van der Waals surface area contributed by atoms with Crippen LogP contribution in [0.1, 0.15) is 58.8 Å². The molecule has 2 nitrogen and oxygen atoms in total. The minimum atomic E-state index is -0.152. The molecule has 0 bridgehead atoms. The topological polar surface area (TPSA) is 40.5 Å². The monoisotopic (exact) mass is 188 g/mol. The molecule has 0 aliphatic carbocycles. The highest BCUT2D eigenvalue weighted by atomic mass is 16.3. The van der Waals surface area contributed by atoms with Crippen molar-refractivity contribution in [1.82, 2.24) is 0 Å². The Labute approximate surface area is 82.0 Å². The zero-order chi connectivity index (χ0) is 10.1. The van der Waals surface area contributed by atoms with E-state index in [0.29, 0.717) is 0 Å². The zero-order valence-electron chi connectivity index (χ0n) is 9.00. The summed E-state index contributed by atoms with van der Waals surface area (Å²) in [4.78, 5) is 0. The second-order valence-electron chi connectivity index (χ2n) is 3.90. The van der Waals surface area contributed by atoms with Crippen LogP contribution in [0.15, 0.2) is 0 Å². The van der Waals surface area contributed by atoms with Crippen molar-refractivity contribution < 1.29 is 10.2 Å². The molecule has 0 saturated heterocycles. The summed E-state index contributed by atoms with van der Waals surface area (Å²) in [6.45, 7) is 3.85. The number of aliphatic hydroxyl groups excluding tert-OH is 2. The molecule has 0 aromatic carbocycles. The molecule has 2 N–H and O–H groups in total. The van der Waals surface area contributed by atoms with Crippen molar-refractivity contribution in [2.24, 2.45) is 0 Å². The second kappa shape index (κ2) is 8.52. The first-order chi connectivity index (χ1) is 6.16. The molecule has 0 aliphatic heterocycles. The van der Waals surface area contributed by atoms with Crippen LogP contribution >= 0.6 is 0 Å². The highest BCUT2D eigenvalue weighted by molar-refractivity contribution is 4.54. The molecule has 0 spiro atoms. The van der Waals surface area contributed by atoms with E-state index in [0.717, 1.165) is 32.1 Å². The van der Waals surface area contributed by atoms with Gasteiger partial charge in [-0.2, -0.15) is 0 Å². The van der Waals surface area contributed by atoms with Crippen LogP contribution in [0.5, 0.6) is 0 Å². The molecule has 0 saturated carbocycles. The standard InChI is InChI=1S/C11H24O2/c1-3-11(13)9-7-5-4-6-8-10(2)12/h10-13H,3-9H2,1-2H3/t10-,11-/m0/s1. The molecule has 0 fully saturated rings. The van der Waals surface area contributed by atoms with Crippen LogP contribution in [0.2, 0.25) is 0 Å². The van der Waals surface area contributed by atoms with Crippen LogP contribution in [0.4, 0.5) is 0 Å². The predicted octanol–water partition coefficient (Wildman–Crippen LogP) is 2.48. The molecular formula is C11H24O2. The summed E-state index contributed by atoms with van der Waals surface area (Å²) in [7, 11) is 0. The van der Waals surface area contributed by atoms with Crippen molar-refractivity contribution >= 4 is 0 Å². The molecule has 0 heterocycles. The zero-order valence-corrected chi connectivity index (χ0v) is 9.00. The quantitative estimate of drug-likeness (QED) is 0.574. The van der Waals surface area contributed by atoms with Gasteiger partial charge in [-0.15, -0.1) is 0 Å². The average Bonchev–Trinajstić information content (AvgIpc) is 2.10. The fourth-order valence-electron chi connectivity index (χ4n) is 1.38. The van der Waals surface area contributed by atoms with Gasteiger partial charge < -0.3 is 10.2 Å². The lowest BCUT2D eigenvalue weighted by atomic mass is 10.1. The van der Waals surface area contributed by atoms with E-state index in [9.17, 15) is 5.11 Å². The fourth-order valence-corrected chi connectivity index (χ4v) is 1.38. The fraction of sp³-hybridized carbons (Fsp3) is 1.00. The summed E-state index contributed by atoms with van der Waals surface area (Å²) in [5, 5.41) is 18.3. The Kier molecular flexibility index (Phi) is 8.46. The Morgan fingerprint density at radius 1 is 0.923 bits per heavy atom. The molecule has 0 aliphatic rings. The third-order valence-corrected chi connectivity index (χ3v) is 2.38. The minimum Gasteiger partial charge on any atom is -0.393 e. The lowest BCUT2D eigenvalue weighted by Crippen LogP contribution is -2.03. The van der Waals surface area contributed by atoms with Crippen molar-refractivity contribution in [3.8, 4) is 0 Å². The van der Waals surface area contributed by atoms with Gasteiger partial charge in [-0.25, -0.2) is 0 Å². The van der Waals surface area contributed by atoms with Gasteiger partial charge >= 0.3 is 0 Å². The number of hydrogen-bond donors (Lipinski definition) is 2. The van der Waals surface area contributed by atoms with E-state index in [2.05, 4.69) is 0 Å². The third kappa shape index (κ3) is 9.84. The molecule has 80 valence electrons. The molecule has 13 heavy (non-hydrogen) atoms. The first-order valence-electron chi connectivity index (χ1n) is 5.53.